The predicted octanol–water partition coefficient (Wildman–Crippen LogP) is 5.59. The molecule has 0 spiro atoms. The van der Waals surface area contributed by atoms with Crippen LogP contribution in [0.1, 0.15) is 22.2 Å². The highest BCUT2D eigenvalue weighted by atomic mass is 35.5. The summed E-state index contributed by atoms with van der Waals surface area (Å²) in [7, 11) is 2.90. The van der Waals surface area contributed by atoms with Crippen LogP contribution in [0.3, 0.4) is 0 Å². The number of carbonyl (C=O) groups is 2. The summed E-state index contributed by atoms with van der Waals surface area (Å²) in [6.45, 7) is 0. The van der Waals surface area contributed by atoms with E-state index in [0.29, 0.717) is 33.1 Å². The topological polar surface area (TPSA) is 109 Å². The van der Waals surface area contributed by atoms with Gasteiger partial charge in [0.1, 0.15) is 11.5 Å². The first kappa shape index (κ1) is 23.3. The van der Waals surface area contributed by atoms with E-state index in [1.807, 2.05) is 0 Å². The van der Waals surface area contributed by atoms with Crippen molar-refractivity contribution in [1.82, 2.24) is 0 Å². The fourth-order valence-electron chi connectivity index (χ4n) is 4.42. The quantitative estimate of drug-likeness (QED) is 0.328. The molecular formula is C27H20ClNO7. The summed E-state index contributed by atoms with van der Waals surface area (Å²) in [5, 5.41) is 22.4. The van der Waals surface area contributed by atoms with Crippen molar-refractivity contribution in [3.63, 3.8) is 0 Å². The van der Waals surface area contributed by atoms with Crippen LogP contribution in [0.5, 0.6) is 17.2 Å². The summed E-state index contributed by atoms with van der Waals surface area (Å²) < 4.78 is 16.6. The first-order chi connectivity index (χ1) is 17.3. The second-order valence-electron chi connectivity index (χ2n) is 8.04. The molecule has 1 amide bonds. The number of amides is 1. The molecule has 0 fully saturated rings. The monoisotopic (exact) mass is 505 g/mol. The lowest BCUT2D eigenvalue weighted by Gasteiger charge is -2.28. The molecule has 182 valence electrons. The van der Waals surface area contributed by atoms with E-state index >= 15 is 0 Å². The van der Waals surface area contributed by atoms with Crippen molar-refractivity contribution < 1.29 is 33.7 Å². The van der Waals surface area contributed by atoms with Gasteiger partial charge in [-0.15, -0.1) is 0 Å². The Bertz CT molecular complexity index is 1560. The van der Waals surface area contributed by atoms with Crippen LogP contribution in [0.4, 0.5) is 5.69 Å². The molecule has 8 nitrogen and oxygen atoms in total. The number of Topliss-reactive ketones (excluding diaryl/α,β-unsaturated/α-hetero) is 1. The van der Waals surface area contributed by atoms with E-state index in [9.17, 15) is 19.8 Å². The van der Waals surface area contributed by atoms with Gasteiger partial charge in [-0.2, -0.15) is 0 Å². The summed E-state index contributed by atoms with van der Waals surface area (Å²) in [4.78, 5) is 28.3. The van der Waals surface area contributed by atoms with Crippen molar-refractivity contribution in [2.75, 3.05) is 19.1 Å². The van der Waals surface area contributed by atoms with Crippen LogP contribution in [-0.2, 0) is 4.79 Å². The number of carbonyl (C=O) groups excluding carboxylic acids is 2. The Hall–Kier alpha value is -4.43. The van der Waals surface area contributed by atoms with E-state index in [0.717, 1.165) is 4.90 Å². The number of phenols is 1. The fraction of sp³-hybridized carbons (Fsp3) is 0.111. The number of furan rings is 1. The lowest BCUT2D eigenvalue weighted by Crippen LogP contribution is -2.31. The molecule has 9 heteroatoms. The number of hydrogen-bond donors (Lipinski definition) is 2. The molecule has 5 rings (SSSR count). The van der Waals surface area contributed by atoms with Crippen molar-refractivity contribution in [2.45, 2.75) is 6.04 Å². The number of methoxy groups -OCH3 is 2. The number of phenolic OH excluding ortho intramolecular Hbond substituents is 1. The summed E-state index contributed by atoms with van der Waals surface area (Å²) in [5.74, 6) is -1.95. The maximum Gasteiger partial charge on any atom is 0.294 e. The Morgan fingerprint density at radius 3 is 2.39 bits per heavy atom. The van der Waals surface area contributed by atoms with Crippen molar-refractivity contribution >= 4 is 39.9 Å². The number of ketones is 1. The van der Waals surface area contributed by atoms with Gasteiger partial charge in [-0.1, -0.05) is 41.9 Å². The number of aliphatic hydroxyl groups excluding tert-OH is 1. The number of para-hydroxylation sites is 3. The van der Waals surface area contributed by atoms with Crippen LogP contribution in [0.25, 0.3) is 11.0 Å². The molecule has 1 aromatic heterocycles. The highest BCUT2D eigenvalue weighted by Gasteiger charge is 2.47. The highest BCUT2D eigenvalue weighted by molar-refractivity contribution is 6.31. The number of nitrogens with zero attached hydrogens (tertiary/aromatic N) is 1. The zero-order valence-corrected chi connectivity index (χ0v) is 19.9. The Morgan fingerprint density at radius 1 is 0.972 bits per heavy atom. The molecule has 0 bridgehead atoms. The summed E-state index contributed by atoms with van der Waals surface area (Å²) in [5.41, 5.74) is 0.615. The van der Waals surface area contributed by atoms with Crippen molar-refractivity contribution in [2.24, 2.45) is 0 Å². The standard InChI is InChI=1S/C27H20ClNO7/c1-34-19-10-6-3-7-16(19)23-22(25(32)27(33)29(23)17-8-4-5-9-18(17)30)24(31)20-12-14-11-15(28)13-21(35-2)26(14)36-20/h3-13,23,30,32H,1-2H3. The molecule has 2 N–H and O–H groups in total. The normalized spacial score (nSPS) is 15.6. The maximum absolute atomic E-state index is 13.8. The number of ether oxygens (including phenoxy) is 2. The second kappa shape index (κ2) is 8.98. The third-order valence-electron chi connectivity index (χ3n) is 6.02. The highest BCUT2D eigenvalue weighted by Crippen LogP contribution is 2.47. The molecular weight excluding hydrogens is 486 g/mol. The third kappa shape index (κ3) is 3.63. The summed E-state index contributed by atoms with van der Waals surface area (Å²) in [6.07, 6.45) is 0. The minimum Gasteiger partial charge on any atom is -0.506 e. The molecule has 0 radical (unpaired) electrons. The van der Waals surface area contributed by atoms with Gasteiger partial charge in [0, 0.05) is 22.0 Å². The van der Waals surface area contributed by atoms with Crippen LogP contribution >= 0.6 is 11.6 Å². The van der Waals surface area contributed by atoms with Crippen molar-refractivity contribution in [3.05, 3.63) is 94.4 Å². The first-order valence-corrected chi connectivity index (χ1v) is 11.2. The van der Waals surface area contributed by atoms with Crippen LogP contribution in [0, 0.1) is 0 Å². The molecule has 1 unspecified atom stereocenters. The maximum atomic E-state index is 13.8. The van der Waals surface area contributed by atoms with Crippen LogP contribution in [0.2, 0.25) is 5.02 Å². The Labute approximate surface area is 210 Å². The SMILES string of the molecule is COc1ccccc1C1C(C(=O)c2cc3cc(Cl)cc(OC)c3o2)=C(O)C(=O)N1c1ccccc1O. The summed E-state index contributed by atoms with van der Waals surface area (Å²) >= 11 is 6.15. The van der Waals surface area contributed by atoms with E-state index in [-0.39, 0.29) is 22.8 Å². The van der Waals surface area contributed by atoms with Gasteiger partial charge in [-0.25, -0.2) is 0 Å². The first-order valence-electron chi connectivity index (χ1n) is 10.8. The Balaban J connectivity index is 1.71. The van der Waals surface area contributed by atoms with Gasteiger partial charge in [-0.05, 0) is 30.3 Å². The molecule has 1 atom stereocenters. The molecule has 1 aliphatic heterocycles. The van der Waals surface area contributed by atoms with Gasteiger partial charge >= 0.3 is 0 Å². The Morgan fingerprint density at radius 2 is 1.67 bits per heavy atom. The zero-order chi connectivity index (χ0) is 25.6. The van der Waals surface area contributed by atoms with Gasteiger partial charge in [0.05, 0.1) is 31.5 Å². The van der Waals surface area contributed by atoms with Crippen molar-refractivity contribution in [3.8, 4) is 17.2 Å². The van der Waals surface area contributed by atoms with Crippen LogP contribution < -0.4 is 14.4 Å². The molecule has 1 aliphatic rings. The molecule has 0 saturated heterocycles. The van der Waals surface area contributed by atoms with E-state index in [1.54, 1.807) is 48.5 Å². The molecule has 2 heterocycles. The lowest BCUT2D eigenvalue weighted by atomic mass is 9.94. The Kier molecular flexibility index (Phi) is 5.81. The molecule has 0 aliphatic carbocycles. The van der Waals surface area contributed by atoms with Gasteiger partial charge in [-0.3, -0.25) is 14.5 Å². The minimum atomic E-state index is -1.12. The molecule has 36 heavy (non-hydrogen) atoms. The van der Waals surface area contributed by atoms with Crippen LogP contribution in [-0.4, -0.2) is 36.1 Å². The number of hydrogen-bond acceptors (Lipinski definition) is 7. The third-order valence-corrected chi connectivity index (χ3v) is 6.24. The van der Waals surface area contributed by atoms with Gasteiger partial charge in [0.15, 0.2) is 22.9 Å². The number of halogens is 1. The van der Waals surface area contributed by atoms with E-state index in [2.05, 4.69) is 0 Å². The predicted molar refractivity (Wildman–Crippen MR) is 133 cm³/mol. The number of aliphatic hydroxyl groups is 1. The van der Waals surface area contributed by atoms with E-state index in [1.165, 1.54) is 32.4 Å². The number of fused-ring (bicyclic) bond motifs is 1. The molecule has 3 aromatic carbocycles. The molecule has 0 saturated carbocycles. The number of benzene rings is 3. The average molecular weight is 506 g/mol. The largest absolute Gasteiger partial charge is 0.506 e. The average Bonchev–Trinajstić information content (AvgIpc) is 3.42. The fourth-order valence-corrected chi connectivity index (χ4v) is 4.64. The number of anilines is 1. The molecule has 4 aromatic rings. The van der Waals surface area contributed by atoms with Gasteiger partial charge in [0.2, 0.25) is 5.78 Å². The second-order valence-corrected chi connectivity index (χ2v) is 8.47. The zero-order valence-electron chi connectivity index (χ0n) is 19.2. The van der Waals surface area contributed by atoms with Gasteiger partial charge < -0.3 is 24.1 Å². The summed E-state index contributed by atoms with van der Waals surface area (Å²) in [6, 6.07) is 16.5. The van der Waals surface area contributed by atoms with E-state index < -0.39 is 23.5 Å². The minimum absolute atomic E-state index is 0.116. The van der Waals surface area contributed by atoms with E-state index in [4.69, 9.17) is 25.5 Å². The lowest BCUT2D eigenvalue weighted by molar-refractivity contribution is -0.117. The van der Waals surface area contributed by atoms with Crippen molar-refractivity contribution in [1.29, 1.82) is 0 Å². The van der Waals surface area contributed by atoms with Gasteiger partial charge in [0.25, 0.3) is 5.91 Å². The number of aromatic hydroxyl groups is 1. The van der Waals surface area contributed by atoms with Crippen LogP contribution in [0.15, 0.2) is 82.5 Å². The smallest absolute Gasteiger partial charge is 0.294 e. The number of rotatable bonds is 6.